The summed E-state index contributed by atoms with van der Waals surface area (Å²) >= 11 is 5.86. The molecule has 1 saturated heterocycles. The minimum absolute atomic E-state index is 0.0246. The van der Waals surface area contributed by atoms with Gasteiger partial charge in [-0.15, -0.1) is 5.10 Å². The fraction of sp³-hybridized carbons (Fsp3) is 0.417. The lowest BCUT2D eigenvalue weighted by Gasteiger charge is -2.06. The van der Waals surface area contributed by atoms with Gasteiger partial charge in [0, 0.05) is 11.4 Å². The van der Waals surface area contributed by atoms with Crippen molar-refractivity contribution in [1.82, 2.24) is 20.2 Å². The number of halogens is 1. The first-order chi connectivity index (χ1) is 8.66. The highest BCUT2D eigenvalue weighted by atomic mass is 35.5. The van der Waals surface area contributed by atoms with Gasteiger partial charge < -0.3 is 4.74 Å². The second-order valence-electron chi connectivity index (χ2n) is 4.72. The molecular formula is C12H13ClN4O. The number of tetrazole rings is 1. The maximum Gasteiger partial charge on any atom is 0.156 e. The minimum atomic E-state index is 0.0246. The van der Waals surface area contributed by atoms with Crippen molar-refractivity contribution in [1.29, 1.82) is 0 Å². The summed E-state index contributed by atoms with van der Waals surface area (Å²) in [6.07, 6.45) is 1.73. The van der Waals surface area contributed by atoms with Crippen LogP contribution in [-0.4, -0.2) is 32.4 Å². The Morgan fingerprint density at radius 3 is 2.78 bits per heavy atom. The number of aromatic nitrogens is 4. The zero-order valence-corrected chi connectivity index (χ0v) is 10.8. The molecule has 1 aliphatic heterocycles. The molecule has 2 heterocycles. The van der Waals surface area contributed by atoms with Gasteiger partial charge in [-0.1, -0.05) is 11.6 Å². The van der Waals surface area contributed by atoms with Crippen molar-refractivity contribution >= 4 is 11.6 Å². The number of rotatable bonds is 4. The van der Waals surface area contributed by atoms with E-state index < -0.39 is 0 Å². The normalized spacial score (nSPS) is 22.1. The highest BCUT2D eigenvalue weighted by Crippen LogP contribution is 2.31. The summed E-state index contributed by atoms with van der Waals surface area (Å²) in [6, 6.07) is 7.45. The summed E-state index contributed by atoms with van der Waals surface area (Å²) in [4.78, 5) is 0. The van der Waals surface area contributed by atoms with Crippen LogP contribution in [0.15, 0.2) is 24.3 Å². The molecule has 0 spiro atoms. The average Bonchev–Trinajstić information content (AvgIpc) is 2.92. The molecule has 0 amide bonds. The summed E-state index contributed by atoms with van der Waals surface area (Å²) < 4.78 is 7.10. The van der Waals surface area contributed by atoms with E-state index in [9.17, 15) is 0 Å². The Balaban J connectivity index is 1.80. The highest BCUT2D eigenvalue weighted by Gasteiger charge is 2.38. The van der Waals surface area contributed by atoms with Gasteiger partial charge in [0.2, 0.25) is 0 Å². The van der Waals surface area contributed by atoms with Gasteiger partial charge in [0.25, 0.3) is 0 Å². The second kappa shape index (κ2) is 4.33. The predicted octanol–water partition coefficient (Wildman–Crippen LogP) is 2.04. The number of nitrogens with zero attached hydrogens (tertiary/aromatic N) is 4. The molecule has 0 bridgehead atoms. The lowest BCUT2D eigenvalue weighted by molar-refractivity contribution is 0.307. The van der Waals surface area contributed by atoms with Crippen LogP contribution in [-0.2, 0) is 11.2 Å². The van der Waals surface area contributed by atoms with Gasteiger partial charge >= 0.3 is 0 Å². The van der Waals surface area contributed by atoms with Gasteiger partial charge in [-0.25, -0.2) is 0 Å². The van der Waals surface area contributed by atoms with Gasteiger partial charge in [-0.3, -0.25) is 0 Å². The van der Waals surface area contributed by atoms with E-state index in [4.69, 9.17) is 16.3 Å². The summed E-state index contributed by atoms with van der Waals surface area (Å²) in [5.41, 5.74) is 0.942. The topological polar surface area (TPSA) is 56.1 Å². The van der Waals surface area contributed by atoms with Crippen LogP contribution in [0.5, 0.6) is 0 Å². The van der Waals surface area contributed by atoms with E-state index in [0.717, 1.165) is 31.0 Å². The van der Waals surface area contributed by atoms with Crippen molar-refractivity contribution in [2.45, 2.75) is 25.4 Å². The summed E-state index contributed by atoms with van der Waals surface area (Å²) in [5.74, 6) is 0.842. The Kier molecular flexibility index (Phi) is 2.80. The van der Waals surface area contributed by atoms with Crippen LogP contribution >= 0.6 is 11.6 Å². The van der Waals surface area contributed by atoms with Gasteiger partial charge in [0.05, 0.1) is 17.9 Å². The Hall–Kier alpha value is -1.46. The first-order valence-corrected chi connectivity index (χ1v) is 6.21. The summed E-state index contributed by atoms with van der Waals surface area (Å²) in [5, 5.41) is 12.5. The van der Waals surface area contributed by atoms with Crippen molar-refractivity contribution in [3.63, 3.8) is 0 Å². The van der Waals surface area contributed by atoms with Crippen molar-refractivity contribution in [3.8, 4) is 5.69 Å². The second-order valence-corrected chi connectivity index (χ2v) is 5.16. The molecule has 18 heavy (non-hydrogen) atoms. The fourth-order valence-corrected chi connectivity index (χ4v) is 1.91. The van der Waals surface area contributed by atoms with Crippen LogP contribution in [0.2, 0.25) is 5.02 Å². The molecule has 1 unspecified atom stereocenters. The third kappa shape index (κ3) is 2.37. The van der Waals surface area contributed by atoms with Crippen molar-refractivity contribution in [2.75, 3.05) is 6.61 Å². The van der Waals surface area contributed by atoms with Crippen LogP contribution in [0.3, 0.4) is 0 Å². The summed E-state index contributed by atoms with van der Waals surface area (Å²) in [6.45, 7) is 2.93. The van der Waals surface area contributed by atoms with Crippen LogP contribution in [0.1, 0.15) is 19.2 Å². The molecule has 3 rings (SSSR count). The highest BCUT2D eigenvalue weighted by molar-refractivity contribution is 6.30. The molecule has 6 heteroatoms. The van der Waals surface area contributed by atoms with E-state index in [0.29, 0.717) is 5.02 Å². The lowest BCUT2D eigenvalue weighted by Crippen LogP contribution is -2.10. The standard InChI is InChI=1S/C12H13ClN4O/c1-12(8-18-12)7-6-11-14-15-16-17(11)10-4-2-9(13)3-5-10/h2-5H,6-8H2,1H3. The molecule has 0 saturated carbocycles. The van der Waals surface area contributed by atoms with Gasteiger partial charge in [-0.05, 0) is 48.0 Å². The summed E-state index contributed by atoms with van der Waals surface area (Å²) in [7, 11) is 0. The van der Waals surface area contributed by atoms with E-state index >= 15 is 0 Å². The quantitative estimate of drug-likeness (QED) is 0.793. The molecule has 1 aliphatic rings. The van der Waals surface area contributed by atoms with Crippen molar-refractivity contribution < 1.29 is 4.74 Å². The van der Waals surface area contributed by atoms with Crippen LogP contribution in [0.25, 0.3) is 5.69 Å². The fourth-order valence-electron chi connectivity index (χ4n) is 1.79. The molecule has 0 aliphatic carbocycles. The third-order valence-electron chi connectivity index (χ3n) is 3.12. The Labute approximate surface area is 110 Å². The number of aryl methyl sites for hydroxylation is 1. The average molecular weight is 265 g/mol. The molecule has 5 nitrogen and oxygen atoms in total. The predicted molar refractivity (Wildman–Crippen MR) is 66.8 cm³/mol. The van der Waals surface area contributed by atoms with Crippen LogP contribution < -0.4 is 0 Å². The third-order valence-corrected chi connectivity index (χ3v) is 3.37. The number of benzene rings is 1. The zero-order chi connectivity index (χ0) is 12.6. The Bertz CT molecular complexity index is 547. The number of ether oxygens (including phenoxy) is 1. The molecule has 0 radical (unpaired) electrons. The molecular weight excluding hydrogens is 252 g/mol. The largest absolute Gasteiger partial charge is 0.370 e. The molecule has 94 valence electrons. The van der Waals surface area contributed by atoms with E-state index in [1.165, 1.54) is 0 Å². The van der Waals surface area contributed by atoms with E-state index in [1.54, 1.807) is 4.68 Å². The van der Waals surface area contributed by atoms with Crippen molar-refractivity contribution in [3.05, 3.63) is 35.1 Å². The van der Waals surface area contributed by atoms with E-state index in [1.807, 2.05) is 24.3 Å². The minimum Gasteiger partial charge on any atom is -0.370 e. The monoisotopic (exact) mass is 264 g/mol. The molecule has 1 atom stereocenters. The SMILES string of the molecule is CC1(CCc2nnnn2-c2ccc(Cl)cc2)CO1. The molecule has 1 aromatic carbocycles. The smallest absolute Gasteiger partial charge is 0.156 e. The molecule has 2 aromatic rings. The number of hydrogen-bond donors (Lipinski definition) is 0. The molecule has 1 aromatic heterocycles. The van der Waals surface area contributed by atoms with Gasteiger partial charge in [0.15, 0.2) is 5.82 Å². The lowest BCUT2D eigenvalue weighted by atomic mass is 10.1. The van der Waals surface area contributed by atoms with Crippen LogP contribution in [0.4, 0.5) is 0 Å². The maximum atomic E-state index is 5.86. The van der Waals surface area contributed by atoms with Crippen LogP contribution in [0, 0.1) is 0 Å². The Morgan fingerprint density at radius 1 is 1.39 bits per heavy atom. The van der Waals surface area contributed by atoms with Crippen molar-refractivity contribution in [2.24, 2.45) is 0 Å². The number of epoxide rings is 1. The van der Waals surface area contributed by atoms with Gasteiger partial charge in [0.1, 0.15) is 0 Å². The van der Waals surface area contributed by atoms with E-state index in [-0.39, 0.29) is 5.60 Å². The van der Waals surface area contributed by atoms with E-state index in [2.05, 4.69) is 22.4 Å². The zero-order valence-electron chi connectivity index (χ0n) is 10.0. The molecule has 0 N–H and O–H groups in total. The number of hydrogen-bond acceptors (Lipinski definition) is 4. The maximum absolute atomic E-state index is 5.86. The molecule has 1 fully saturated rings. The van der Waals surface area contributed by atoms with Gasteiger partial charge in [-0.2, -0.15) is 4.68 Å². The first kappa shape index (κ1) is 11.6. The first-order valence-electron chi connectivity index (χ1n) is 5.83. The Morgan fingerprint density at radius 2 is 2.11 bits per heavy atom.